The number of amides is 1. The predicted octanol–water partition coefficient (Wildman–Crippen LogP) is 4.47. The molecule has 4 aromatic rings. The minimum Gasteiger partial charge on any atom is -0.489 e. The number of hydrogen-bond donors (Lipinski definition) is 1. The summed E-state index contributed by atoms with van der Waals surface area (Å²) in [6, 6.07) is 21.7. The van der Waals surface area contributed by atoms with Crippen molar-refractivity contribution in [3.63, 3.8) is 0 Å². The molecule has 0 fully saturated rings. The highest BCUT2D eigenvalue weighted by molar-refractivity contribution is 6.31. The number of carbonyl (C=O) groups excluding carboxylic acids is 1. The molecule has 7 heteroatoms. The zero-order valence-electron chi connectivity index (χ0n) is 15.3. The van der Waals surface area contributed by atoms with E-state index in [4.69, 9.17) is 20.8 Å². The molecule has 0 aliphatic carbocycles. The van der Waals surface area contributed by atoms with Crippen LogP contribution in [0.1, 0.15) is 5.56 Å². The Labute approximate surface area is 171 Å². The van der Waals surface area contributed by atoms with E-state index >= 15 is 0 Å². The Morgan fingerprint density at radius 2 is 1.79 bits per heavy atom. The van der Waals surface area contributed by atoms with Gasteiger partial charge < -0.3 is 14.5 Å². The highest BCUT2D eigenvalue weighted by Crippen LogP contribution is 2.19. The lowest BCUT2D eigenvalue weighted by Gasteiger charge is -2.09. The number of nitrogens with one attached hydrogen (secondary N) is 1. The average Bonchev–Trinajstić information content (AvgIpc) is 3.02. The van der Waals surface area contributed by atoms with Gasteiger partial charge in [0, 0.05) is 16.8 Å². The fourth-order valence-electron chi connectivity index (χ4n) is 2.91. The van der Waals surface area contributed by atoms with E-state index < -0.39 is 5.76 Å². The van der Waals surface area contributed by atoms with E-state index in [0.717, 1.165) is 5.56 Å². The zero-order chi connectivity index (χ0) is 20.2. The molecule has 0 spiro atoms. The van der Waals surface area contributed by atoms with Crippen LogP contribution >= 0.6 is 11.6 Å². The molecule has 1 heterocycles. The molecule has 1 aromatic heterocycles. The fourth-order valence-corrected chi connectivity index (χ4v) is 3.07. The third-order valence-electron chi connectivity index (χ3n) is 4.32. The van der Waals surface area contributed by atoms with Crippen LogP contribution in [0.2, 0.25) is 5.02 Å². The summed E-state index contributed by atoms with van der Waals surface area (Å²) in [5, 5.41) is 3.22. The lowest BCUT2D eigenvalue weighted by atomic mass is 10.2. The molecule has 0 radical (unpaired) electrons. The quantitative estimate of drug-likeness (QED) is 0.511. The first-order valence-electron chi connectivity index (χ1n) is 8.94. The van der Waals surface area contributed by atoms with Crippen molar-refractivity contribution in [2.24, 2.45) is 0 Å². The average molecular weight is 409 g/mol. The summed E-state index contributed by atoms with van der Waals surface area (Å²) in [4.78, 5) is 24.4. The minimum atomic E-state index is -0.609. The Bertz CT molecular complexity index is 1200. The molecular formula is C22H17ClN2O4. The van der Waals surface area contributed by atoms with Gasteiger partial charge in [0.15, 0.2) is 5.58 Å². The summed E-state index contributed by atoms with van der Waals surface area (Å²) in [6.45, 7) is 0.298. The lowest BCUT2D eigenvalue weighted by Crippen LogP contribution is -2.24. The van der Waals surface area contributed by atoms with Gasteiger partial charge in [0.05, 0.1) is 5.52 Å². The van der Waals surface area contributed by atoms with Crippen LogP contribution in [0.4, 0.5) is 5.69 Å². The van der Waals surface area contributed by atoms with E-state index in [2.05, 4.69) is 5.32 Å². The summed E-state index contributed by atoms with van der Waals surface area (Å²) >= 11 is 5.90. The summed E-state index contributed by atoms with van der Waals surface area (Å²) < 4.78 is 12.1. The molecule has 0 saturated carbocycles. The first kappa shape index (κ1) is 18.8. The van der Waals surface area contributed by atoms with Gasteiger partial charge in [-0.15, -0.1) is 0 Å². The second-order valence-electron chi connectivity index (χ2n) is 6.41. The SMILES string of the molecule is O=C(Cn1c(=O)oc2cc(Cl)ccc21)Nc1ccc(OCc2ccccc2)cc1. The number of halogens is 1. The molecule has 1 N–H and O–H groups in total. The van der Waals surface area contributed by atoms with Crippen LogP contribution in [-0.4, -0.2) is 10.5 Å². The normalized spacial score (nSPS) is 10.8. The maximum absolute atomic E-state index is 12.4. The van der Waals surface area contributed by atoms with E-state index in [1.54, 1.807) is 42.5 Å². The maximum Gasteiger partial charge on any atom is 0.420 e. The third kappa shape index (κ3) is 4.50. The largest absolute Gasteiger partial charge is 0.489 e. The second kappa shape index (κ2) is 8.24. The topological polar surface area (TPSA) is 73.5 Å². The fraction of sp³-hybridized carbons (Fsp3) is 0.0909. The van der Waals surface area contributed by atoms with Gasteiger partial charge >= 0.3 is 5.76 Å². The van der Waals surface area contributed by atoms with Crippen molar-refractivity contribution in [2.45, 2.75) is 13.2 Å². The number of carbonyl (C=O) groups is 1. The van der Waals surface area contributed by atoms with Gasteiger partial charge in [0.2, 0.25) is 5.91 Å². The maximum atomic E-state index is 12.4. The Kier molecular flexibility index (Phi) is 5.35. The molecule has 29 heavy (non-hydrogen) atoms. The van der Waals surface area contributed by atoms with Crippen LogP contribution in [0.3, 0.4) is 0 Å². The van der Waals surface area contributed by atoms with Crippen molar-refractivity contribution < 1.29 is 13.9 Å². The van der Waals surface area contributed by atoms with Crippen LogP contribution in [0.5, 0.6) is 5.75 Å². The molecule has 4 rings (SSSR count). The van der Waals surface area contributed by atoms with E-state index in [0.29, 0.717) is 34.2 Å². The van der Waals surface area contributed by atoms with Gasteiger partial charge in [-0.1, -0.05) is 41.9 Å². The molecule has 146 valence electrons. The van der Waals surface area contributed by atoms with Crippen molar-refractivity contribution in [3.8, 4) is 5.75 Å². The van der Waals surface area contributed by atoms with Crippen LogP contribution in [0.25, 0.3) is 11.1 Å². The number of ether oxygens (including phenoxy) is 1. The number of aromatic nitrogens is 1. The molecule has 1 amide bonds. The summed E-state index contributed by atoms with van der Waals surface area (Å²) in [5.41, 5.74) is 2.53. The first-order valence-corrected chi connectivity index (χ1v) is 9.32. The molecule has 0 atom stereocenters. The van der Waals surface area contributed by atoms with Crippen LogP contribution in [0, 0.1) is 0 Å². The smallest absolute Gasteiger partial charge is 0.420 e. The molecule has 0 bridgehead atoms. The molecule has 0 saturated heterocycles. The van der Waals surface area contributed by atoms with Crippen molar-refractivity contribution in [2.75, 3.05) is 5.32 Å². The number of rotatable bonds is 6. The Morgan fingerprint density at radius 3 is 2.55 bits per heavy atom. The van der Waals surface area contributed by atoms with Gasteiger partial charge in [0.25, 0.3) is 0 Å². The number of benzene rings is 3. The summed E-state index contributed by atoms with van der Waals surface area (Å²) in [7, 11) is 0. The predicted molar refractivity (Wildman–Crippen MR) is 111 cm³/mol. The van der Waals surface area contributed by atoms with Crippen molar-refractivity contribution in [3.05, 3.63) is 93.9 Å². The van der Waals surface area contributed by atoms with Gasteiger partial charge in [-0.3, -0.25) is 9.36 Å². The summed E-state index contributed by atoms with van der Waals surface area (Å²) in [6.07, 6.45) is 0. The Morgan fingerprint density at radius 1 is 1.03 bits per heavy atom. The molecule has 0 aliphatic heterocycles. The van der Waals surface area contributed by atoms with E-state index in [-0.39, 0.29) is 12.5 Å². The number of oxazole rings is 1. The highest BCUT2D eigenvalue weighted by atomic mass is 35.5. The van der Waals surface area contributed by atoms with Crippen molar-refractivity contribution in [1.82, 2.24) is 4.57 Å². The van der Waals surface area contributed by atoms with Gasteiger partial charge in [-0.05, 0) is 42.0 Å². The number of fused-ring (bicyclic) bond motifs is 1. The first-order chi connectivity index (χ1) is 14.1. The number of anilines is 1. The standard InChI is InChI=1S/C22H17ClN2O4/c23-16-6-11-19-20(12-16)29-22(27)25(19)13-21(26)24-17-7-9-18(10-8-17)28-14-15-4-2-1-3-5-15/h1-12H,13-14H2,(H,24,26). The van der Waals surface area contributed by atoms with E-state index in [1.165, 1.54) is 4.57 Å². The van der Waals surface area contributed by atoms with Gasteiger partial charge in [0.1, 0.15) is 18.9 Å². The lowest BCUT2D eigenvalue weighted by molar-refractivity contribution is -0.116. The van der Waals surface area contributed by atoms with Crippen molar-refractivity contribution in [1.29, 1.82) is 0 Å². The second-order valence-corrected chi connectivity index (χ2v) is 6.85. The Hall–Kier alpha value is -3.51. The third-order valence-corrected chi connectivity index (χ3v) is 4.55. The number of nitrogens with zero attached hydrogens (tertiary/aromatic N) is 1. The zero-order valence-corrected chi connectivity index (χ0v) is 16.1. The van der Waals surface area contributed by atoms with Crippen molar-refractivity contribution >= 4 is 34.3 Å². The molecule has 0 unspecified atom stereocenters. The van der Waals surface area contributed by atoms with E-state index in [9.17, 15) is 9.59 Å². The molecule has 6 nitrogen and oxygen atoms in total. The van der Waals surface area contributed by atoms with Gasteiger partial charge in [-0.2, -0.15) is 0 Å². The minimum absolute atomic E-state index is 0.167. The summed E-state index contributed by atoms with van der Waals surface area (Å²) in [5.74, 6) is -0.259. The van der Waals surface area contributed by atoms with Crippen LogP contribution in [0.15, 0.2) is 82.0 Å². The highest BCUT2D eigenvalue weighted by Gasteiger charge is 2.13. The van der Waals surface area contributed by atoms with Crippen LogP contribution in [-0.2, 0) is 17.9 Å². The molecule has 0 aliphatic rings. The van der Waals surface area contributed by atoms with E-state index in [1.807, 2.05) is 30.3 Å². The number of hydrogen-bond acceptors (Lipinski definition) is 4. The van der Waals surface area contributed by atoms with Gasteiger partial charge in [-0.25, -0.2) is 4.79 Å². The molecule has 3 aromatic carbocycles. The Balaban J connectivity index is 1.39. The van der Waals surface area contributed by atoms with Crippen LogP contribution < -0.4 is 15.8 Å². The molecular weight excluding hydrogens is 392 g/mol. The monoisotopic (exact) mass is 408 g/mol.